The molecule has 0 saturated heterocycles. The first-order chi connectivity index (χ1) is 10.2. The van der Waals surface area contributed by atoms with E-state index in [0.29, 0.717) is 24.5 Å². The highest BCUT2D eigenvalue weighted by Gasteiger charge is 2.31. The normalized spacial score (nSPS) is 17.0. The maximum absolute atomic E-state index is 12.0. The number of carbonyl (C=O) groups excluding carboxylic acids is 1. The van der Waals surface area contributed by atoms with Gasteiger partial charge in [-0.25, -0.2) is 0 Å². The largest absolute Gasteiger partial charge is 0.498 e. The average molecular weight is 290 g/mol. The van der Waals surface area contributed by atoms with Crippen molar-refractivity contribution in [1.82, 2.24) is 0 Å². The van der Waals surface area contributed by atoms with Crippen molar-refractivity contribution in [3.63, 3.8) is 0 Å². The second kappa shape index (κ2) is 7.27. The first-order valence-electron chi connectivity index (χ1n) is 7.41. The molecule has 0 aliphatic carbocycles. The number of carbonyl (C=O) groups is 1. The summed E-state index contributed by atoms with van der Waals surface area (Å²) in [6.45, 7) is 6.39. The Bertz CT molecular complexity index is 522. The van der Waals surface area contributed by atoms with E-state index in [-0.39, 0.29) is 12.6 Å². The third-order valence-corrected chi connectivity index (χ3v) is 3.64. The smallest absolute Gasteiger partial charge is 0.322 e. The van der Waals surface area contributed by atoms with Gasteiger partial charge in [-0.2, -0.15) is 0 Å². The Kier molecular flexibility index (Phi) is 5.39. The standard InChI is InChI=1S/C17H22O4/c1-3-20-12(2)15-11-14-8-7-13(6-4-5-9-18)10-16(14)21-17(15)19/h7-8,10,15,18H,2-6,9,11H2,1H3. The van der Waals surface area contributed by atoms with E-state index in [0.717, 1.165) is 30.4 Å². The highest BCUT2D eigenvalue weighted by atomic mass is 16.5. The molecule has 0 amide bonds. The molecule has 0 spiro atoms. The molecule has 114 valence electrons. The van der Waals surface area contributed by atoms with E-state index >= 15 is 0 Å². The van der Waals surface area contributed by atoms with E-state index in [9.17, 15) is 4.79 Å². The second-order valence-corrected chi connectivity index (χ2v) is 5.20. The first kappa shape index (κ1) is 15.6. The number of esters is 1. The molecule has 4 heteroatoms. The van der Waals surface area contributed by atoms with Gasteiger partial charge >= 0.3 is 5.97 Å². The van der Waals surface area contributed by atoms with E-state index < -0.39 is 5.92 Å². The van der Waals surface area contributed by atoms with Gasteiger partial charge in [0.05, 0.1) is 6.61 Å². The van der Waals surface area contributed by atoms with Crippen LogP contribution in [0.1, 0.15) is 30.9 Å². The van der Waals surface area contributed by atoms with Crippen LogP contribution in [0.25, 0.3) is 0 Å². The number of rotatable bonds is 7. The molecule has 1 N–H and O–H groups in total. The van der Waals surface area contributed by atoms with E-state index in [1.807, 2.05) is 19.1 Å². The summed E-state index contributed by atoms with van der Waals surface area (Å²) in [5, 5.41) is 8.81. The third kappa shape index (κ3) is 3.85. The molecule has 1 atom stereocenters. The van der Waals surface area contributed by atoms with Crippen LogP contribution in [-0.4, -0.2) is 24.3 Å². The van der Waals surface area contributed by atoms with Gasteiger partial charge in [0, 0.05) is 6.61 Å². The minimum atomic E-state index is -0.419. The maximum atomic E-state index is 12.0. The van der Waals surface area contributed by atoms with Crippen LogP contribution in [0, 0.1) is 5.92 Å². The topological polar surface area (TPSA) is 55.8 Å². The van der Waals surface area contributed by atoms with Crippen molar-refractivity contribution in [3.8, 4) is 5.75 Å². The van der Waals surface area contributed by atoms with Crippen molar-refractivity contribution in [3.05, 3.63) is 41.7 Å². The summed E-state index contributed by atoms with van der Waals surface area (Å²) in [6, 6.07) is 5.97. The predicted molar refractivity (Wildman–Crippen MR) is 80.1 cm³/mol. The van der Waals surface area contributed by atoms with E-state index in [1.165, 1.54) is 0 Å². The summed E-state index contributed by atoms with van der Waals surface area (Å²) in [5.41, 5.74) is 2.13. The highest BCUT2D eigenvalue weighted by Crippen LogP contribution is 2.32. The molecule has 1 aromatic carbocycles. The molecule has 21 heavy (non-hydrogen) atoms. The van der Waals surface area contributed by atoms with Crippen LogP contribution >= 0.6 is 0 Å². The Morgan fingerprint density at radius 3 is 3.00 bits per heavy atom. The Labute approximate surface area is 125 Å². The molecule has 2 rings (SSSR count). The molecule has 1 unspecified atom stereocenters. The number of fused-ring (bicyclic) bond motifs is 1. The minimum absolute atomic E-state index is 0.209. The number of benzene rings is 1. The zero-order valence-corrected chi connectivity index (χ0v) is 12.4. The minimum Gasteiger partial charge on any atom is -0.498 e. The van der Waals surface area contributed by atoms with Crippen LogP contribution in [-0.2, 0) is 22.4 Å². The fraction of sp³-hybridized carbons (Fsp3) is 0.471. The molecule has 1 aliphatic heterocycles. The van der Waals surface area contributed by atoms with Crippen molar-refractivity contribution in [2.24, 2.45) is 5.92 Å². The van der Waals surface area contributed by atoms with Crippen LogP contribution in [0.5, 0.6) is 5.75 Å². The van der Waals surface area contributed by atoms with Crippen LogP contribution < -0.4 is 4.74 Å². The Morgan fingerprint density at radius 1 is 1.48 bits per heavy atom. The molecule has 0 bridgehead atoms. The SMILES string of the molecule is C=C(OCC)C1Cc2ccc(CCCCO)cc2OC1=O. The van der Waals surface area contributed by atoms with E-state index in [2.05, 4.69) is 12.6 Å². The number of unbranched alkanes of at least 4 members (excludes halogenated alkanes) is 1. The summed E-state index contributed by atoms with van der Waals surface area (Å²) < 4.78 is 10.8. The lowest BCUT2D eigenvalue weighted by molar-refractivity contribution is -0.140. The molecule has 0 radical (unpaired) electrons. The van der Waals surface area contributed by atoms with Gasteiger partial charge in [-0.1, -0.05) is 18.7 Å². The average Bonchev–Trinajstić information content (AvgIpc) is 2.47. The van der Waals surface area contributed by atoms with Gasteiger partial charge in [-0.15, -0.1) is 0 Å². The van der Waals surface area contributed by atoms with Gasteiger partial charge in [-0.05, 0) is 49.8 Å². The Hall–Kier alpha value is -1.81. The van der Waals surface area contributed by atoms with Crippen LogP contribution in [0.15, 0.2) is 30.5 Å². The maximum Gasteiger partial charge on any atom is 0.322 e. The fourth-order valence-electron chi connectivity index (χ4n) is 2.47. The van der Waals surface area contributed by atoms with Crippen molar-refractivity contribution >= 4 is 5.97 Å². The summed E-state index contributed by atoms with van der Waals surface area (Å²) in [4.78, 5) is 12.0. The second-order valence-electron chi connectivity index (χ2n) is 5.20. The van der Waals surface area contributed by atoms with Crippen molar-refractivity contribution in [1.29, 1.82) is 0 Å². The highest BCUT2D eigenvalue weighted by molar-refractivity contribution is 5.80. The molecular formula is C17H22O4. The summed E-state index contributed by atoms with van der Waals surface area (Å²) in [5.74, 6) is 0.397. The predicted octanol–water partition coefficient (Wildman–Crippen LogP) is 2.63. The van der Waals surface area contributed by atoms with Crippen LogP contribution in [0.3, 0.4) is 0 Å². The van der Waals surface area contributed by atoms with Gasteiger partial charge in [0.25, 0.3) is 0 Å². The quantitative estimate of drug-likeness (QED) is 0.363. The van der Waals surface area contributed by atoms with E-state index in [4.69, 9.17) is 14.6 Å². The fourth-order valence-corrected chi connectivity index (χ4v) is 2.47. The van der Waals surface area contributed by atoms with Crippen LogP contribution in [0.2, 0.25) is 0 Å². The zero-order chi connectivity index (χ0) is 15.2. The molecule has 4 nitrogen and oxygen atoms in total. The molecule has 0 saturated carbocycles. The van der Waals surface area contributed by atoms with E-state index in [1.54, 1.807) is 0 Å². The lowest BCUT2D eigenvalue weighted by Gasteiger charge is -2.25. The number of aliphatic hydroxyl groups is 1. The first-order valence-corrected chi connectivity index (χ1v) is 7.41. The summed E-state index contributed by atoms with van der Waals surface area (Å²) in [7, 11) is 0. The molecule has 1 aromatic rings. The summed E-state index contributed by atoms with van der Waals surface area (Å²) in [6.07, 6.45) is 3.16. The van der Waals surface area contributed by atoms with Gasteiger partial charge in [0.15, 0.2) is 0 Å². The van der Waals surface area contributed by atoms with Crippen molar-refractivity contribution in [2.45, 2.75) is 32.6 Å². The Balaban J connectivity index is 2.08. The third-order valence-electron chi connectivity index (χ3n) is 3.64. The number of aliphatic hydroxyl groups excluding tert-OH is 1. The molecular weight excluding hydrogens is 268 g/mol. The molecule has 0 aromatic heterocycles. The number of ether oxygens (including phenoxy) is 2. The monoisotopic (exact) mass is 290 g/mol. The lowest BCUT2D eigenvalue weighted by Crippen LogP contribution is -2.29. The number of aryl methyl sites for hydroxylation is 1. The molecule has 0 fully saturated rings. The lowest BCUT2D eigenvalue weighted by atomic mass is 9.93. The summed E-state index contributed by atoms with van der Waals surface area (Å²) >= 11 is 0. The number of hydrogen-bond acceptors (Lipinski definition) is 4. The van der Waals surface area contributed by atoms with Gasteiger partial charge in [-0.3, -0.25) is 4.79 Å². The van der Waals surface area contributed by atoms with Gasteiger partial charge < -0.3 is 14.6 Å². The van der Waals surface area contributed by atoms with Crippen LogP contribution in [0.4, 0.5) is 0 Å². The Morgan fingerprint density at radius 2 is 2.29 bits per heavy atom. The van der Waals surface area contributed by atoms with Crippen molar-refractivity contribution in [2.75, 3.05) is 13.2 Å². The van der Waals surface area contributed by atoms with Crippen molar-refractivity contribution < 1.29 is 19.4 Å². The molecule has 1 aliphatic rings. The number of hydrogen-bond donors (Lipinski definition) is 1. The van der Waals surface area contributed by atoms with Gasteiger partial charge in [0.2, 0.25) is 0 Å². The molecule has 1 heterocycles. The zero-order valence-electron chi connectivity index (χ0n) is 12.4. The van der Waals surface area contributed by atoms with Gasteiger partial charge in [0.1, 0.15) is 17.4 Å².